The van der Waals surface area contributed by atoms with Crippen molar-refractivity contribution in [1.29, 1.82) is 0 Å². The molecule has 0 saturated heterocycles. The molecule has 1 aromatic carbocycles. The number of nitro benzene ring substituents is 2. The van der Waals surface area contributed by atoms with E-state index in [4.69, 9.17) is 9.47 Å². The number of benzene rings is 1. The van der Waals surface area contributed by atoms with Crippen LogP contribution < -0.4 is 9.47 Å². The fourth-order valence-corrected chi connectivity index (χ4v) is 1.84. The highest BCUT2D eigenvalue weighted by Crippen LogP contribution is 2.47. The van der Waals surface area contributed by atoms with Gasteiger partial charge in [-0.2, -0.15) is 0 Å². The molecule has 0 fully saturated rings. The fraction of sp³-hybridized carbons (Fsp3) is 0.455. The number of nitrogens with zero attached hydrogens (tertiary/aromatic N) is 2. The summed E-state index contributed by atoms with van der Waals surface area (Å²) >= 11 is 0. The molecule has 110 valence electrons. The molecule has 0 aliphatic carbocycles. The number of aliphatic hydroxyl groups excluding tert-OH is 1. The largest absolute Gasteiger partial charge is 0.492 e. The van der Waals surface area contributed by atoms with Gasteiger partial charge in [-0.15, -0.1) is 0 Å². The second-order valence-electron chi connectivity index (χ2n) is 3.83. The van der Waals surface area contributed by atoms with Gasteiger partial charge in [0.1, 0.15) is 5.56 Å². The van der Waals surface area contributed by atoms with Gasteiger partial charge in [0.05, 0.1) is 36.2 Å². The van der Waals surface area contributed by atoms with Gasteiger partial charge in [0.25, 0.3) is 5.69 Å². The molecule has 0 spiro atoms. The third-order valence-corrected chi connectivity index (χ3v) is 2.76. The van der Waals surface area contributed by atoms with Gasteiger partial charge in [0.2, 0.25) is 5.75 Å². The minimum Gasteiger partial charge on any atom is -0.492 e. The van der Waals surface area contributed by atoms with E-state index in [1.807, 2.05) is 0 Å². The maximum Gasteiger partial charge on any atom is 0.327 e. The van der Waals surface area contributed by atoms with Crippen molar-refractivity contribution in [1.82, 2.24) is 0 Å². The molecule has 0 bridgehead atoms. The first kappa shape index (κ1) is 15.6. The summed E-state index contributed by atoms with van der Waals surface area (Å²) in [6.45, 7) is 1.55. The molecule has 20 heavy (non-hydrogen) atoms. The van der Waals surface area contributed by atoms with Crippen molar-refractivity contribution < 1.29 is 24.4 Å². The highest BCUT2D eigenvalue weighted by atomic mass is 16.6. The van der Waals surface area contributed by atoms with E-state index >= 15 is 0 Å². The SMILES string of the molecule is CCC(O)c1c([N+](=O)[O-])cc(OC)c(OC)c1[N+](=O)[O-]. The van der Waals surface area contributed by atoms with E-state index in [9.17, 15) is 25.3 Å². The number of rotatable bonds is 6. The van der Waals surface area contributed by atoms with Crippen LogP contribution in [0.15, 0.2) is 6.07 Å². The van der Waals surface area contributed by atoms with Crippen LogP contribution in [-0.4, -0.2) is 29.2 Å². The van der Waals surface area contributed by atoms with Gasteiger partial charge in [-0.05, 0) is 6.42 Å². The summed E-state index contributed by atoms with van der Waals surface area (Å²) in [4.78, 5) is 20.6. The summed E-state index contributed by atoms with van der Waals surface area (Å²) in [6.07, 6.45) is -1.27. The lowest BCUT2D eigenvalue weighted by molar-refractivity contribution is -0.397. The molecule has 1 aromatic rings. The van der Waals surface area contributed by atoms with Crippen molar-refractivity contribution in [2.24, 2.45) is 0 Å². The van der Waals surface area contributed by atoms with Crippen LogP contribution in [0, 0.1) is 20.2 Å². The molecule has 1 unspecified atom stereocenters. The van der Waals surface area contributed by atoms with Crippen molar-refractivity contribution >= 4 is 11.4 Å². The van der Waals surface area contributed by atoms with Crippen molar-refractivity contribution in [3.8, 4) is 11.5 Å². The van der Waals surface area contributed by atoms with E-state index < -0.39 is 27.3 Å². The summed E-state index contributed by atoms with van der Waals surface area (Å²) < 4.78 is 9.77. The van der Waals surface area contributed by atoms with Crippen LogP contribution in [0.4, 0.5) is 11.4 Å². The van der Waals surface area contributed by atoms with E-state index in [0.717, 1.165) is 6.07 Å². The highest BCUT2D eigenvalue weighted by molar-refractivity contribution is 5.69. The fourth-order valence-electron chi connectivity index (χ4n) is 1.84. The molecule has 9 heteroatoms. The van der Waals surface area contributed by atoms with E-state index in [1.165, 1.54) is 14.2 Å². The number of hydrogen-bond donors (Lipinski definition) is 1. The quantitative estimate of drug-likeness (QED) is 0.625. The highest BCUT2D eigenvalue weighted by Gasteiger charge is 2.36. The van der Waals surface area contributed by atoms with Gasteiger partial charge in [0, 0.05) is 0 Å². The first-order valence-electron chi connectivity index (χ1n) is 5.64. The van der Waals surface area contributed by atoms with Gasteiger partial charge >= 0.3 is 5.69 Å². The Morgan fingerprint density at radius 1 is 1.25 bits per heavy atom. The molecule has 0 aliphatic rings. The third kappa shape index (κ3) is 2.62. The van der Waals surface area contributed by atoms with Crippen molar-refractivity contribution in [2.75, 3.05) is 14.2 Å². The zero-order valence-corrected chi connectivity index (χ0v) is 11.2. The van der Waals surface area contributed by atoms with Crippen molar-refractivity contribution in [3.63, 3.8) is 0 Å². The van der Waals surface area contributed by atoms with Crippen LogP contribution in [0.2, 0.25) is 0 Å². The molecule has 0 aliphatic heterocycles. The Bertz CT molecular complexity index is 544. The molecule has 0 heterocycles. The smallest absolute Gasteiger partial charge is 0.327 e. The maximum atomic E-state index is 11.2. The van der Waals surface area contributed by atoms with E-state index in [2.05, 4.69) is 0 Å². The average Bonchev–Trinajstić information content (AvgIpc) is 2.43. The van der Waals surface area contributed by atoms with Crippen LogP contribution in [0.3, 0.4) is 0 Å². The van der Waals surface area contributed by atoms with E-state index in [1.54, 1.807) is 6.92 Å². The molecular weight excluding hydrogens is 272 g/mol. The molecule has 0 radical (unpaired) electrons. The monoisotopic (exact) mass is 286 g/mol. The van der Waals surface area contributed by atoms with Crippen LogP contribution in [0.1, 0.15) is 25.0 Å². The van der Waals surface area contributed by atoms with Crippen molar-refractivity contribution in [2.45, 2.75) is 19.4 Å². The molecule has 9 nitrogen and oxygen atoms in total. The molecule has 1 atom stereocenters. The van der Waals surface area contributed by atoms with Gasteiger partial charge in [-0.3, -0.25) is 20.2 Å². The molecular formula is C11H14N2O7. The Balaban J connectivity index is 3.83. The second kappa shape index (κ2) is 6.15. The first-order chi connectivity index (χ1) is 9.38. The van der Waals surface area contributed by atoms with Gasteiger partial charge in [-0.1, -0.05) is 6.92 Å². The van der Waals surface area contributed by atoms with Crippen LogP contribution in [-0.2, 0) is 0 Å². The summed E-state index contributed by atoms with van der Waals surface area (Å²) in [5, 5.41) is 32.1. The van der Waals surface area contributed by atoms with Crippen LogP contribution in [0.5, 0.6) is 11.5 Å². The molecule has 0 saturated carbocycles. The van der Waals surface area contributed by atoms with Gasteiger partial charge in [0.15, 0.2) is 5.75 Å². The normalized spacial score (nSPS) is 11.8. The lowest BCUT2D eigenvalue weighted by Crippen LogP contribution is -2.08. The van der Waals surface area contributed by atoms with E-state index in [-0.39, 0.29) is 23.5 Å². The standard InChI is InChI=1S/C11H14N2O7/c1-4-7(14)9-6(12(15)16)5-8(19-2)11(20-3)10(9)13(17)18/h5,7,14H,4H2,1-3H3. The summed E-state index contributed by atoms with van der Waals surface area (Å²) in [5.74, 6) is -0.399. The van der Waals surface area contributed by atoms with Crippen LogP contribution >= 0.6 is 0 Å². The predicted molar refractivity (Wildman–Crippen MR) is 68.1 cm³/mol. The van der Waals surface area contributed by atoms with E-state index in [0.29, 0.717) is 0 Å². The lowest BCUT2D eigenvalue weighted by Gasteiger charge is -2.14. The first-order valence-corrected chi connectivity index (χ1v) is 5.64. The minimum absolute atomic E-state index is 0.0805. The molecule has 1 rings (SSSR count). The minimum atomic E-state index is -1.35. The Kier molecular flexibility index (Phi) is 4.81. The van der Waals surface area contributed by atoms with Crippen LogP contribution in [0.25, 0.3) is 0 Å². The molecule has 0 aromatic heterocycles. The Hall–Kier alpha value is -2.42. The zero-order chi connectivity index (χ0) is 15.4. The number of hydrogen-bond acceptors (Lipinski definition) is 7. The number of aliphatic hydroxyl groups is 1. The average molecular weight is 286 g/mol. The number of nitro groups is 2. The van der Waals surface area contributed by atoms with Crippen molar-refractivity contribution in [3.05, 3.63) is 31.9 Å². The number of ether oxygens (including phenoxy) is 2. The third-order valence-electron chi connectivity index (χ3n) is 2.76. The zero-order valence-electron chi connectivity index (χ0n) is 11.2. The summed E-state index contributed by atoms with van der Waals surface area (Å²) in [5.41, 5.74) is -1.63. The lowest BCUT2D eigenvalue weighted by atomic mass is 10.0. The van der Waals surface area contributed by atoms with Gasteiger partial charge < -0.3 is 14.6 Å². The second-order valence-corrected chi connectivity index (χ2v) is 3.83. The van der Waals surface area contributed by atoms with Gasteiger partial charge in [-0.25, -0.2) is 0 Å². The Morgan fingerprint density at radius 3 is 2.20 bits per heavy atom. The molecule has 0 amide bonds. The Morgan fingerprint density at radius 2 is 1.85 bits per heavy atom. The topological polar surface area (TPSA) is 125 Å². The summed E-state index contributed by atoms with van der Waals surface area (Å²) in [6, 6.07) is 1.00. The molecule has 1 N–H and O–H groups in total. The predicted octanol–water partition coefficient (Wildman–Crippen LogP) is 1.96. The summed E-state index contributed by atoms with van der Waals surface area (Å²) in [7, 11) is 2.39. The number of methoxy groups -OCH3 is 2. The Labute approximate surface area is 114 Å². The maximum absolute atomic E-state index is 11.2.